The third-order valence-corrected chi connectivity index (χ3v) is 4.41. The lowest BCUT2D eigenvalue weighted by Crippen LogP contribution is -2.58. The number of halogens is 1. The fraction of sp³-hybridized carbons (Fsp3) is 0.500. The molecule has 1 saturated heterocycles. The molecule has 0 saturated carbocycles. The second-order valence-electron chi connectivity index (χ2n) is 6.54. The van der Waals surface area contributed by atoms with Crippen LogP contribution in [0, 0.1) is 5.92 Å². The van der Waals surface area contributed by atoms with Gasteiger partial charge in [0.25, 0.3) is 0 Å². The molecule has 1 aromatic rings. The van der Waals surface area contributed by atoms with Gasteiger partial charge in [0.15, 0.2) is 0 Å². The second-order valence-corrected chi connectivity index (χ2v) is 7.45. The predicted molar refractivity (Wildman–Crippen MR) is 102 cm³/mol. The van der Waals surface area contributed by atoms with E-state index in [1.54, 1.807) is 0 Å². The topological polar surface area (TPSA) is 87.7 Å². The van der Waals surface area contributed by atoms with E-state index in [1.807, 2.05) is 38.1 Å². The first kappa shape index (κ1) is 20.2. The number of amides is 2. The first-order valence-corrected chi connectivity index (χ1v) is 9.38. The van der Waals surface area contributed by atoms with E-state index in [-0.39, 0.29) is 30.7 Å². The van der Waals surface area contributed by atoms with Crippen molar-refractivity contribution in [2.75, 3.05) is 31.6 Å². The van der Waals surface area contributed by atoms with Gasteiger partial charge < -0.3 is 20.3 Å². The standard InChI is InChI=1S/C18H24BrN3O4/c1-12(2)11-26-17(24)9-15-18(25)20-7-8-22(15)16(23)10-21-14-5-3-13(19)4-6-14/h3-6,12,15,21H,7-11H2,1-2H3,(H,20,25). The maximum absolute atomic E-state index is 12.6. The molecule has 1 aliphatic heterocycles. The summed E-state index contributed by atoms with van der Waals surface area (Å²) >= 11 is 3.36. The van der Waals surface area contributed by atoms with Gasteiger partial charge in [0.05, 0.1) is 19.6 Å². The van der Waals surface area contributed by atoms with Crippen LogP contribution in [0.1, 0.15) is 20.3 Å². The molecule has 1 unspecified atom stereocenters. The van der Waals surface area contributed by atoms with E-state index < -0.39 is 12.0 Å². The number of nitrogens with zero attached hydrogens (tertiary/aromatic N) is 1. The lowest BCUT2D eigenvalue weighted by atomic mass is 10.1. The molecule has 0 spiro atoms. The molecule has 0 radical (unpaired) electrons. The summed E-state index contributed by atoms with van der Waals surface area (Å²) in [5.74, 6) is -0.814. The number of esters is 1. The quantitative estimate of drug-likeness (QED) is 0.650. The minimum atomic E-state index is -0.831. The van der Waals surface area contributed by atoms with Gasteiger partial charge in [0, 0.05) is 23.2 Å². The number of anilines is 1. The van der Waals surface area contributed by atoms with Crippen molar-refractivity contribution in [2.45, 2.75) is 26.3 Å². The SMILES string of the molecule is CC(C)COC(=O)CC1C(=O)NCCN1C(=O)CNc1ccc(Br)cc1. The van der Waals surface area contributed by atoms with Gasteiger partial charge in [-0.25, -0.2) is 0 Å². The summed E-state index contributed by atoms with van der Waals surface area (Å²) in [5.41, 5.74) is 0.802. The molecule has 1 aromatic carbocycles. The number of rotatable bonds is 7. The minimum absolute atomic E-state index is 0.0481. The average Bonchev–Trinajstić information content (AvgIpc) is 2.61. The van der Waals surface area contributed by atoms with E-state index in [1.165, 1.54) is 4.90 Å². The van der Waals surface area contributed by atoms with E-state index in [9.17, 15) is 14.4 Å². The van der Waals surface area contributed by atoms with Crippen molar-refractivity contribution >= 4 is 39.4 Å². The Hall–Kier alpha value is -2.09. The van der Waals surface area contributed by atoms with E-state index in [0.717, 1.165) is 10.2 Å². The maximum Gasteiger partial charge on any atom is 0.308 e. The predicted octanol–water partition coefficient (Wildman–Crippen LogP) is 1.78. The average molecular weight is 426 g/mol. The molecule has 0 aliphatic carbocycles. The summed E-state index contributed by atoms with van der Waals surface area (Å²) in [4.78, 5) is 38.1. The van der Waals surface area contributed by atoms with Crippen molar-refractivity contribution in [1.82, 2.24) is 10.2 Å². The molecule has 2 N–H and O–H groups in total. The largest absolute Gasteiger partial charge is 0.465 e. The smallest absolute Gasteiger partial charge is 0.308 e. The van der Waals surface area contributed by atoms with Crippen molar-refractivity contribution in [3.05, 3.63) is 28.7 Å². The fourth-order valence-corrected chi connectivity index (χ4v) is 2.80. The maximum atomic E-state index is 12.6. The molecule has 1 aliphatic rings. The molecular formula is C18H24BrN3O4. The van der Waals surface area contributed by atoms with Crippen LogP contribution < -0.4 is 10.6 Å². The summed E-state index contributed by atoms with van der Waals surface area (Å²) in [5, 5.41) is 5.74. The molecule has 1 heterocycles. The van der Waals surface area contributed by atoms with Crippen LogP contribution in [0.25, 0.3) is 0 Å². The van der Waals surface area contributed by atoms with Gasteiger partial charge in [-0.1, -0.05) is 29.8 Å². The number of carbonyl (C=O) groups is 3. The van der Waals surface area contributed by atoms with E-state index >= 15 is 0 Å². The van der Waals surface area contributed by atoms with Gasteiger partial charge in [0.1, 0.15) is 6.04 Å². The van der Waals surface area contributed by atoms with Gasteiger partial charge in [-0.2, -0.15) is 0 Å². The summed E-state index contributed by atoms with van der Waals surface area (Å²) < 4.78 is 6.09. The Kier molecular flexibility index (Phi) is 7.44. The van der Waals surface area contributed by atoms with Crippen molar-refractivity contribution in [1.29, 1.82) is 0 Å². The molecule has 2 amide bonds. The summed E-state index contributed by atoms with van der Waals surface area (Å²) in [7, 11) is 0. The highest BCUT2D eigenvalue weighted by Crippen LogP contribution is 2.15. The van der Waals surface area contributed by atoms with Crippen LogP contribution >= 0.6 is 15.9 Å². The fourth-order valence-electron chi connectivity index (χ4n) is 2.54. The number of benzene rings is 1. The summed E-state index contributed by atoms with van der Waals surface area (Å²) in [6.07, 6.45) is -0.136. The Bertz CT molecular complexity index is 648. The number of hydrogen-bond acceptors (Lipinski definition) is 5. The normalized spacial score (nSPS) is 17.0. The minimum Gasteiger partial charge on any atom is -0.465 e. The van der Waals surface area contributed by atoms with Gasteiger partial charge in [-0.05, 0) is 30.2 Å². The number of nitrogens with one attached hydrogen (secondary N) is 2. The van der Waals surface area contributed by atoms with E-state index in [2.05, 4.69) is 26.6 Å². The van der Waals surface area contributed by atoms with Crippen LogP contribution in [-0.4, -0.2) is 55.0 Å². The van der Waals surface area contributed by atoms with Crippen molar-refractivity contribution in [2.24, 2.45) is 5.92 Å². The number of ether oxygens (including phenoxy) is 1. The van der Waals surface area contributed by atoms with Crippen LogP contribution in [0.4, 0.5) is 5.69 Å². The third kappa shape index (κ3) is 6.01. The van der Waals surface area contributed by atoms with Gasteiger partial charge >= 0.3 is 5.97 Å². The van der Waals surface area contributed by atoms with Gasteiger partial charge in [-0.15, -0.1) is 0 Å². The van der Waals surface area contributed by atoms with Crippen LogP contribution in [0.2, 0.25) is 0 Å². The first-order valence-electron chi connectivity index (χ1n) is 8.59. The summed E-state index contributed by atoms with van der Waals surface area (Å²) in [6, 6.07) is 6.61. The van der Waals surface area contributed by atoms with Gasteiger partial charge in [0.2, 0.25) is 11.8 Å². The molecule has 1 fully saturated rings. The van der Waals surface area contributed by atoms with E-state index in [4.69, 9.17) is 4.74 Å². The molecule has 1 atom stereocenters. The van der Waals surface area contributed by atoms with Crippen molar-refractivity contribution in [3.8, 4) is 0 Å². The highest BCUT2D eigenvalue weighted by molar-refractivity contribution is 9.10. The molecule has 142 valence electrons. The van der Waals surface area contributed by atoms with Crippen LogP contribution in [0.5, 0.6) is 0 Å². The Morgan fingerprint density at radius 2 is 2.04 bits per heavy atom. The zero-order valence-corrected chi connectivity index (χ0v) is 16.5. The molecule has 0 bridgehead atoms. The zero-order chi connectivity index (χ0) is 19.1. The molecule has 26 heavy (non-hydrogen) atoms. The van der Waals surface area contributed by atoms with Crippen molar-refractivity contribution < 1.29 is 19.1 Å². The van der Waals surface area contributed by atoms with Crippen LogP contribution in [0.15, 0.2) is 28.7 Å². The van der Waals surface area contributed by atoms with Gasteiger partial charge in [-0.3, -0.25) is 14.4 Å². The Labute approximate surface area is 161 Å². The molecule has 8 heteroatoms. The Morgan fingerprint density at radius 3 is 2.69 bits per heavy atom. The number of hydrogen-bond donors (Lipinski definition) is 2. The van der Waals surface area contributed by atoms with E-state index in [0.29, 0.717) is 19.7 Å². The Morgan fingerprint density at radius 1 is 1.35 bits per heavy atom. The highest BCUT2D eigenvalue weighted by atomic mass is 79.9. The number of piperazine rings is 1. The highest BCUT2D eigenvalue weighted by Gasteiger charge is 2.34. The monoisotopic (exact) mass is 425 g/mol. The number of carbonyl (C=O) groups excluding carboxylic acids is 3. The Balaban J connectivity index is 1.94. The van der Waals surface area contributed by atoms with Crippen LogP contribution in [0.3, 0.4) is 0 Å². The molecule has 0 aromatic heterocycles. The third-order valence-electron chi connectivity index (χ3n) is 3.88. The second kappa shape index (κ2) is 9.56. The zero-order valence-electron chi connectivity index (χ0n) is 15.0. The van der Waals surface area contributed by atoms with Crippen LogP contribution in [-0.2, 0) is 19.1 Å². The molecular weight excluding hydrogens is 402 g/mol. The summed E-state index contributed by atoms with van der Waals surface area (Å²) in [6.45, 7) is 4.96. The molecule has 7 nitrogen and oxygen atoms in total. The lowest BCUT2D eigenvalue weighted by Gasteiger charge is -2.34. The van der Waals surface area contributed by atoms with Crippen molar-refractivity contribution in [3.63, 3.8) is 0 Å². The first-order chi connectivity index (χ1) is 12.4. The lowest BCUT2D eigenvalue weighted by molar-refractivity contribution is -0.152. The molecule has 2 rings (SSSR count).